The molecular formula is C28H30N2O2. The van der Waals surface area contributed by atoms with E-state index in [0.29, 0.717) is 12.3 Å². The molecule has 0 atom stereocenters. The molecule has 3 aromatic carbocycles. The molecule has 0 radical (unpaired) electrons. The van der Waals surface area contributed by atoms with Crippen molar-refractivity contribution in [3.05, 3.63) is 107 Å². The fourth-order valence-corrected chi connectivity index (χ4v) is 4.18. The third-order valence-electron chi connectivity index (χ3n) is 5.95. The summed E-state index contributed by atoms with van der Waals surface area (Å²) in [5.74, 6) is 0.314. The van der Waals surface area contributed by atoms with Crippen LogP contribution in [0.1, 0.15) is 39.0 Å². The van der Waals surface area contributed by atoms with Crippen LogP contribution < -0.4 is 5.32 Å². The van der Waals surface area contributed by atoms with Crippen LogP contribution in [0.15, 0.2) is 78.9 Å². The first kappa shape index (κ1) is 21.8. The number of amides is 1. The van der Waals surface area contributed by atoms with Crippen LogP contribution in [0.2, 0.25) is 0 Å². The molecule has 0 aliphatic carbocycles. The van der Waals surface area contributed by atoms with Crippen molar-refractivity contribution in [3.63, 3.8) is 0 Å². The zero-order chi connectivity index (χ0) is 22.2. The number of carbonyl (C=O) groups excluding carboxylic acids is 1. The third kappa shape index (κ3) is 5.86. The standard InChI is InChI=1S/C28H30N2O2/c31-26-14-13-23-15-18-30(19-16-24(23)20-26)21-25-11-4-5-12-27(25)28(32)29-17-7-6-10-22-8-2-1-3-9-22/h1-6,8-14,20,31H,7,15-19,21H2,(H,29,32)/b10-6+. The van der Waals surface area contributed by atoms with Crippen molar-refractivity contribution in [2.24, 2.45) is 0 Å². The normalized spacial score (nSPS) is 14.1. The molecule has 0 saturated carbocycles. The highest BCUT2D eigenvalue weighted by Gasteiger charge is 2.17. The summed E-state index contributed by atoms with van der Waals surface area (Å²) < 4.78 is 0. The minimum atomic E-state index is -0.0169. The SMILES string of the molecule is O=C(NCC/C=C/c1ccccc1)c1ccccc1CN1CCc2ccc(O)cc2CC1. The van der Waals surface area contributed by atoms with Gasteiger partial charge in [-0.05, 0) is 59.7 Å². The van der Waals surface area contributed by atoms with E-state index in [0.717, 1.165) is 50.0 Å². The van der Waals surface area contributed by atoms with Crippen molar-refractivity contribution in [2.75, 3.05) is 19.6 Å². The molecule has 1 aliphatic rings. The highest BCUT2D eigenvalue weighted by atomic mass is 16.3. The van der Waals surface area contributed by atoms with E-state index in [1.165, 1.54) is 16.7 Å². The molecule has 0 aromatic heterocycles. The molecule has 4 heteroatoms. The van der Waals surface area contributed by atoms with Crippen LogP contribution in [-0.4, -0.2) is 35.5 Å². The van der Waals surface area contributed by atoms with E-state index >= 15 is 0 Å². The first-order valence-electron chi connectivity index (χ1n) is 11.3. The Bertz CT molecular complexity index is 1080. The van der Waals surface area contributed by atoms with Crippen LogP contribution in [-0.2, 0) is 19.4 Å². The Labute approximate surface area is 190 Å². The Balaban J connectivity index is 1.32. The molecule has 1 amide bonds. The summed E-state index contributed by atoms with van der Waals surface area (Å²) in [5, 5.41) is 12.8. The predicted octanol–water partition coefficient (Wildman–Crippen LogP) is 4.83. The molecule has 0 spiro atoms. The van der Waals surface area contributed by atoms with Crippen LogP contribution in [0.5, 0.6) is 5.75 Å². The predicted molar refractivity (Wildman–Crippen MR) is 130 cm³/mol. The van der Waals surface area contributed by atoms with Gasteiger partial charge in [-0.2, -0.15) is 0 Å². The van der Waals surface area contributed by atoms with Gasteiger partial charge in [0.1, 0.15) is 5.75 Å². The quantitative estimate of drug-likeness (QED) is 0.532. The van der Waals surface area contributed by atoms with E-state index in [4.69, 9.17) is 0 Å². The number of benzene rings is 3. The number of phenolic OH excluding ortho intramolecular Hbond substituents is 1. The van der Waals surface area contributed by atoms with Crippen molar-refractivity contribution in [1.82, 2.24) is 10.2 Å². The molecule has 2 N–H and O–H groups in total. The maximum absolute atomic E-state index is 12.8. The van der Waals surface area contributed by atoms with Gasteiger partial charge in [-0.1, -0.05) is 66.7 Å². The summed E-state index contributed by atoms with van der Waals surface area (Å²) in [6, 6.07) is 23.7. The van der Waals surface area contributed by atoms with E-state index in [-0.39, 0.29) is 5.91 Å². The molecule has 1 heterocycles. The highest BCUT2D eigenvalue weighted by Crippen LogP contribution is 2.22. The minimum Gasteiger partial charge on any atom is -0.508 e. The van der Waals surface area contributed by atoms with E-state index in [9.17, 15) is 9.90 Å². The van der Waals surface area contributed by atoms with Crippen LogP contribution in [0.3, 0.4) is 0 Å². The zero-order valence-corrected chi connectivity index (χ0v) is 18.3. The Hall–Kier alpha value is -3.37. The summed E-state index contributed by atoms with van der Waals surface area (Å²) in [5.41, 5.74) is 5.50. The maximum Gasteiger partial charge on any atom is 0.251 e. The molecule has 0 fully saturated rings. The maximum atomic E-state index is 12.8. The van der Waals surface area contributed by atoms with Gasteiger partial charge in [-0.3, -0.25) is 9.69 Å². The number of hydrogen-bond acceptors (Lipinski definition) is 3. The second kappa shape index (κ2) is 10.8. The van der Waals surface area contributed by atoms with Gasteiger partial charge >= 0.3 is 0 Å². The van der Waals surface area contributed by atoms with Crippen molar-refractivity contribution in [3.8, 4) is 5.75 Å². The first-order valence-corrected chi connectivity index (χ1v) is 11.3. The van der Waals surface area contributed by atoms with Gasteiger partial charge in [0.2, 0.25) is 0 Å². The van der Waals surface area contributed by atoms with E-state index in [1.54, 1.807) is 6.07 Å². The van der Waals surface area contributed by atoms with Gasteiger partial charge in [0.05, 0.1) is 0 Å². The van der Waals surface area contributed by atoms with E-state index < -0.39 is 0 Å². The molecule has 4 nitrogen and oxygen atoms in total. The topological polar surface area (TPSA) is 52.6 Å². The summed E-state index contributed by atoms with van der Waals surface area (Å²) in [7, 11) is 0. The Morgan fingerprint density at radius 3 is 2.53 bits per heavy atom. The lowest BCUT2D eigenvalue weighted by Gasteiger charge is -2.21. The van der Waals surface area contributed by atoms with Gasteiger partial charge in [-0.25, -0.2) is 0 Å². The summed E-state index contributed by atoms with van der Waals surface area (Å²) in [6.07, 6.45) is 6.83. The van der Waals surface area contributed by atoms with Crippen LogP contribution in [0.4, 0.5) is 0 Å². The van der Waals surface area contributed by atoms with E-state index in [1.807, 2.05) is 54.6 Å². The van der Waals surface area contributed by atoms with Gasteiger partial charge in [0.15, 0.2) is 0 Å². The number of nitrogens with one attached hydrogen (secondary N) is 1. The fraction of sp³-hybridized carbons (Fsp3) is 0.250. The molecule has 0 bridgehead atoms. The lowest BCUT2D eigenvalue weighted by molar-refractivity contribution is 0.0952. The number of phenols is 1. The molecule has 3 aromatic rings. The van der Waals surface area contributed by atoms with Crippen molar-refractivity contribution < 1.29 is 9.90 Å². The molecule has 0 unspecified atom stereocenters. The average molecular weight is 427 g/mol. The zero-order valence-electron chi connectivity index (χ0n) is 18.3. The molecule has 32 heavy (non-hydrogen) atoms. The van der Waals surface area contributed by atoms with Crippen LogP contribution in [0, 0.1) is 0 Å². The average Bonchev–Trinajstić information content (AvgIpc) is 3.01. The van der Waals surface area contributed by atoms with Gasteiger partial charge in [-0.15, -0.1) is 0 Å². The van der Waals surface area contributed by atoms with Crippen LogP contribution in [0.25, 0.3) is 6.08 Å². The first-order chi connectivity index (χ1) is 15.7. The Kier molecular flexibility index (Phi) is 7.36. The smallest absolute Gasteiger partial charge is 0.251 e. The van der Waals surface area contributed by atoms with Crippen molar-refractivity contribution in [2.45, 2.75) is 25.8 Å². The van der Waals surface area contributed by atoms with Gasteiger partial charge in [0.25, 0.3) is 5.91 Å². The Morgan fingerprint density at radius 1 is 0.938 bits per heavy atom. The molecule has 1 aliphatic heterocycles. The fourth-order valence-electron chi connectivity index (χ4n) is 4.18. The molecule has 0 saturated heterocycles. The van der Waals surface area contributed by atoms with Gasteiger partial charge in [0, 0.05) is 31.7 Å². The Morgan fingerprint density at radius 2 is 1.69 bits per heavy atom. The van der Waals surface area contributed by atoms with Crippen LogP contribution >= 0.6 is 0 Å². The number of hydrogen-bond donors (Lipinski definition) is 2. The largest absolute Gasteiger partial charge is 0.508 e. The van der Waals surface area contributed by atoms with Crippen molar-refractivity contribution >= 4 is 12.0 Å². The lowest BCUT2D eigenvalue weighted by atomic mass is 10.0. The molecule has 164 valence electrons. The summed E-state index contributed by atoms with van der Waals surface area (Å²) in [4.78, 5) is 15.2. The number of aromatic hydroxyl groups is 1. The summed E-state index contributed by atoms with van der Waals surface area (Å²) >= 11 is 0. The van der Waals surface area contributed by atoms with E-state index in [2.05, 4.69) is 34.5 Å². The molecular weight excluding hydrogens is 396 g/mol. The van der Waals surface area contributed by atoms with Gasteiger partial charge < -0.3 is 10.4 Å². The number of nitrogens with zero attached hydrogens (tertiary/aromatic N) is 1. The number of rotatable bonds is 7. The number of fused-ring (bicyclic) bond motifs is 1. The number of carbonyl (C=O) groups is 1. The molecule has 4 rings (SSSR count). The second-order valence-electron chi connectivity index (χ2n) is 8.24. The lowest BCUT2D eigenvalue weighted by Crippen LogP contribution is -2.29. The highest BCUT2D eigenvalue weighted by molar-refractivity contribution is 5.95. The second-order valence-corrected chi connectivity index (χ2v) is 8.24. The summed E-state index contributed by atoms with van der Waals surface area (Å²) in [6.45, 7) is 3.21. The third-order valence-corrected chi connectivity index (χ3v) is 5.95. The monoisotopic (exact) mass is 426 g/mol. The van der Waals surface area contributed by atoms with Crippen molar-refractivity contribution in [1.29, 1.82) is 0 Å². The minimum absolute atomic E-state index is 0.0169.